The average Bonchev–Trinajstić information content (AvgIpc) is 2.95. The molecular formula is C20H23NO3. The van der Waals surface area contributed by atoms with Crippen LogP contribution in [0.25, 0.3) is 10.9 Å². The standard InChI is InChI=1S/C20H23NO3/c1-21-13-15(16-7-5-6-8-17(16)21)10-9-14-11-18(22-2)20(24-4)19(12-14)23-3/h5-8,11-13H,9-10H2,1-4H3. The second kappa shape index (κ2) is 6.87. The number of nitrogens with zero attached hydrogens (tertiary/aromatic N) is 1. The second-order valence-corrected chi connectivity index (χ2v) is 5.82. The summed E-state index contributed by atoms with van der Waals surface area (Å²) in [6.07, 6.45) is 4.08. The topological polar surface area (TPSA) is 32.6 Å². The van der Waals surface area contributed by atoms with E-state index in [2.05, 4.69) is 42.1 Å². The third-order valence-corrected chi connectivity index (χ3v) is 4.39. The molecule has 4 heteroatoms. The smallest absolute Gasteiger partial charge is 0.203 e. The largest absolute Gasteiger partial charge is 0.493 e. The van der Waals surface area contributed by atoms with Crippen LogP contribution in [-0.4, -0.2) is 25.9 Å². The van der Waals surface area contributed by atoms with Crippen molar-refractivity contribution < 1.29 is 14.2 Å². The molecule has 0 radical (unpaired) electrons. The van der Waals surface area contributed by atoms with E-state index < -0.39 is 0 Å². The number of hydrogen-bond donors (Lipinski definition) is 0. The molecule has 0 aliphatic rings. The molecule has 3 aromatic rings. The van der Waals surface area contributed by atoms with Crippen LogP contribution in [0, 0.1) is 0 Å². The molecule has 0 unspecified atom stereocenters. The van der Waals surface area contributed by atoms with Gasteiger partial charge in [-0.15, -0.1) is 0 Å². The normalized spacial score (nSPS) is 10.8. The first-order valence-corrected chi connectivity index (χ1v) is 7.99. The van der Waals surface area contributed by atoms with Crippen molar-refractivity contribution in [3.63, 3.8) is 0 Å². The van der Waals surface area contributed by atoms with Gasteiger partial charge in [-0.3, -0.25) is 0 Å². The Balaban J connectivity index is 1.88. The van der Waals surface area contributed by atoms with Crippen molar-refractivity contribution in [3.05, 3.63) is 53.7 Å². The number of aromatic nitrogens is 1. The SMILES string of the molecule is COc1cc(CCc2cn(C)c3ccccc23)cc(OC)c1OC. The fraction of sp³-hybridized carbons (Fsp3) is 0.300. The first-order chi connectivity index (χ1) is 11.7. The van der Waals surface area contributed by atoms with Crippen LogP contribution >= 0.6 is 0 Å². The summed E-state index contributed by atoms with van der Waals surface area (Å²) < 4.78 is 18.4. The number of para-hydroxylation sites is 1. The lowest BCUT2D eigenvalue weighted by Gasteiger charge is -2.14. The van der Waals surface area contributed by atoms with Gasteiger partial charge in [-0.05, 0) is 42.2 Å². The highest BCUT2D eigenvalue weighted by atomic mass is 16.5. The number of ether oxygens (including phenoxy) is 3. The number of rotatable bonds is 6. The molecule has 1 aromatic heterocycles. The highest BCUT2D eigenvalue weighted by molar-refractivity contribution is 5.83. The molecule has 0 aliphatic carbocycles. The van der Waals surface area contributed by atoms with Gasteiger partial charge < -0.3 is 18.8 Å². The van der Waals surface area contributed by atoms with E-state index >= 15 is 0 Å². The van der Waals surface area contributed by atoms with E-state index in [9.17, 15) is 0 Å². The van der Waals surface area contributed by atoms with Gasteiger partial charge in [0.2, 0.25) is 5.75 Å². The lowest BCUT2D eigenvalue weighted by Crippen LogP contribution is -1.98. The van der Waals surface area contributed by atoms with E-state index in [1.807, 2.05) is 12.1 Å². The van der Waals surface area contributed by atoms with Crippen molar-refractivity contribution in [2.75, 3.05) is 21.3 Å². The van der Waals surface area contributed by atoms with Crippen LogP contribution in [0.2, 0.25) is 0 Å². The van der Waals surface area contributed by atoms with Crippen molar-refractivity contribution >= 4 is 10.9 Å². The van der Waals surface area contributed by atoms with E-state index in [0.29, 0.717) is 17.2 Å². The highest BCUT2D eigenvalue weighted by Gasteiger charge is 2.14. The van der Waals surface area contributed by atoms with E-state index in [-0.39, 0.29) is 0 Å². The molecular weight excluding hydrogens is 302 g/mol. The Bertz CT molecular complexity index is 826. The van der Waals surface area contributed by atoms with Crippen LogP contribution < -0.4 is 14.2 Å². The Morgan fingerprint density at radius 3 is 2.17 bits per heavy atom. The van der Waals surface area contributed by atoms with Crippen LogP contribution in [-0.2, 0) is 19.9 Å². The van der Waals surface area contributed by atoms with Gasteiger partial charge >= 0.3 is 0 Å². The number of hydrogen-bond acceptors (Lipinski definition) is 3. The van der Waals surface area contributed by atoms with E-state index in [4.69, 9.17) is 14.2 Å². The molecule has 24 heavy (non-hydrogen) atoms. The van der Waals surface area contributed by atoms with Crippen molar-refractivity contribution in [1.82, 2.24) is 4.57 Å². The number of fused-ring (bicyclic) bond motifs is 1. The number of benzene rings is 2. The van der Waals surface area contributed by atoms with Gasteiger partial charge in [-0.1, -0.05) is 18.2 Å². The molecule has 3 rings (SSSR count). The lowest BCUT2D eigenvalue weighted by molar-refractivity contribution is 0.324. The zero-order valence-corrected chi connectivity index (χ0v) is 14.6. The van der Waals surface area contributed by atoms with Crippen LogP contribution in [0.5, 0.6) is 17.2 Å². The molecule has 0 atom stereocenters. The quantitative estimate of drug-likeness (QED) is 0.687. The first-order valence-electron chi connectivity index (χ1n) is 7.99. The molecule has 0 N–H and O–H groups in total. The molecule has 1 heterocycles. The summed E-state index contributed by atoms with van der Waals surface area (Å²) in [5, 5.41) is 1.31. The van der Waals surface area contributed by atoms with Crippen LogP contribution in [0.3, 0.4) is 0 Å². The third kappa shape index (κ3) is 2.92. The lowest BCUT2D eigenvalue weighted by atomic mass is 10.0. The van der Waals surface area contributed by atoms with Crippen LogP contribution in [0.4, 0.5) is 0 Å². The number of methoxy groups -OCH3 is 3. The summed E-state index contributed by atoms with van der Waals surface area (Å²) >= 11 is 0. The molecule has 4 nitrogen and oxygen atoms in total. The summed E-state index contributed by atoms with van der Waals surface area (Å²) in [5.41, 5.74) is 3.77. The van der Waals surface area contributed by atoms with Gasteiger partial charge in [0, 0.05) is 24.1 Å². The van der Waals surface area contributed by atoms with Crippen molar-refractivity contribution in [3.8, 4) is 17.2 Å². The fourth-order valence-electron chi connectivity index (χ4n) is 3.18. The van der Waals surface area contributed by atoms with Crippen molar-refractivity contribution in [2.24, 2.45) is 7.05 Å². The van der Waals surface area contributed by atoms with Gasteiger partial charge in [0.25, 0.3) is 0 Å². The van der Waals surface area contributed by atoms with E-state index in [0.717, 1.165) is 18.4 Å². The van der Waals surface area contributed by atoms with Gasteiger partial charge in [0.05, 0.1) is 21.3 Å². The Labute approximate surface area is 142 Å². The van der Waals surface area contributed by atoms with Crippen LogP contribution in [0.1, 0.15) is 11.1 Å². The zero-order valence-electron chi connectivity index (χ0n) is 14.6. The predicted octanol–water partition coefficient (Wildman–Crippen LogP) is 3.99. The minimum atomic E-state index is 0.633. The van der Waals surface area contributed by atoms with E-state index in [1.54, 1.807) is 21.3 Å². The summed E-state index contributed by atoms with van der Waals surface area (Å²) in [6.45, 7) is 0. The first kappa shape index (κ1) is 16.2. The predicted molar refractivity (Wildman–Crippen MR) is 96.4 cm³/mol. The second-order valence-electron chi connectivity index (χ2n) is 5.82. The summed E-state index contributed by atoms with van der Waals surface area (Å²) in [7, 11) is 7.00. The zero-order chi connectivity index (χ0) is 17.1. The van der Waals surface area contributed by atoms with E-state index in [1.165, 1.54) is 16.5 Å². The molecule has 0 amide bonds. The fourth-order valence-corrected chi connectivity index (χ4v) is 3.18. The Kier molecular flexibility index (Phi) is 4.65. The maximum Gasteiger partial charge on any atom is 0.203 e. The number of aryl methyl sites for hydroxylation is 3. The van der Waals surface area contributed by atoms with Crippen molar-refractivity contribution in [2.45, 2.75) is 12.8 Å². The summed E-state index contributed by atoms with van der Waals surface area (Å²) in [5.74, 6) is 2.03. The summed E-state index contributed by atoms with van der Waals surface area (Å²) in [6, 6.07) is 12.5. The third-order valence-electron chi connectivity index (χ3n) is 4.39. The van der Waals surface area contributed by atoms with Gasteiger partial charge in [-0.25, -0.2) is 0 Å². The maximum atomic E-state index is 5.44. The van der Waals surface area contributed by atoms with Crippen molar-refractivity contribution in [1.29, 1.82) is 0 Å². The molecule has 0 saturated heterocycles. The minimum Gasteiger partial charge on any atom is -0.493 e. The molecule has 0 saturated carbocycles. The van der Waals surface area contributed by atoms with Crippen LogP contribution in [0.15, 0.2) is 42.6 Å². The Morgan fingerprint density at radius 1 is 0.875 bits per heavy atom. The molecule has 0 spiro atoms. The minimum absolute atomic E-state index is 0.633. The monoisotopic (exact) mass is 325 g/mol. The molecule has 0 bridgehead atoms. The Hall–Kier alpha value is -2.62. The maximum absolute atomic E-state index is 5.44. The molecule has 2 aromatic carbocycles. The average molecular weight is 325 g/mol. The molecule has 0 aliphatic heterocycles. The highest BCUT2D eigenvalue weighted by Crippen LogP contribution is 2.38. The summed E-state index contributed by atoms with van der Waals surface area (Å²) in [4.78, 5) is 0. The van der Waals surface area contributed by atoms with Gasteiger partial charge in [0.1, 0.15) is 0 Å². The Morgan fingerprint density at radius 2 is 1.54 bits per heavy atom. The molecule has 126 valence electrons. The van der Waals surface area contributed by atoms with Gasteiger partial charge in [-0.2, -0.15) is 0 Å². The van der Waals surface area contributed by atoms with Gasteiger partial charge in [0.15, 0.2) is 11.5 Å². The molecule has 0 fully saturated rings.